The standard InChI is InChI=1S/C19H33N5O5S/c1-6-30(27,28)13-12-22(5)18(26)24-9-7-8-23(10-11-24)17(25)20-16-14-15(21-29-16)19(2,3)4/h14H,6-13H2,1-5H3,(H,20,25). The van der Waals surface area contributed by atoms with Gasteiger partial charge in [0.2, 0.25) is 5.88 Å². The number of nitrogens with one attached hydrogen (secondary N) is 1. The van der Waals surface area contributed by atoms with E-state index in [0.29, 0.717) is 38.5 Å². The summed E-state index contributed by atoms with van der Waals surface area (Å²) < 4.78 is 28.5. The second-order valence-electron chi connectivity index (χ2n) is 8.52. The Morgan fingerprint density at radius 3 is 2.43 bits per heavy atom. The highest BCUT2D eigenvalue weighted by atomic mass is 32.2. The predicted molar refractivity (Wildman–Crippen MR) is 114 cm³/mol. The maximum absolute atomic E-state index is 12.6. The normalized spacial score (nSPS) is 15.6. The molecule has 0 radical (unpaired) electrons. The maximum atomic E-state index is 12.6. The molecular weight excluding hydrogens is 410 g/mol. The van der Waals surface area contributed by atoms with Crippen LogP contribution in [0.5, 0.6) is 0 Å². The van der Waals surface area contributed by atoms with Crippen molar-refractivity contribution in [1.29, 1.82) is 0 Å². The number of nitrogens with zero attached hydrogens (tertiary/aromatic N) is 4. The Balaban J connectivity index is 1.88. The van der Waals surface area contributed by atoms with Crippen molar-refractivity contribution in [2.45, 2.75) is 39.5 Å². The summed E-state index contributed by atoms with van der Waals surface area (Å²) in [4.78, 5) is 29.9. The lowest BCUT2D eigenvalue weighted by molar-refractivity contribution is 0.166. The molecule has 1 fully saturated rings. The Bertz CT molecular complexity index is 846. The third-order valence-electron chi connectivity index (χ3n) is 5.07. The fraction of sp³-hybridized carbons (Fsp3) is 0.737. The van der Waals surface area contributed by atoms with Gasteiger partial charge in [-0.15, -0.1) is 0 Å². The number of aromatic nitrogens is 1. The molecule has 0 bridgehead atoms. The monoisotopic (exact) mass is 443 g/mol. The van der Waals surface area contributed by atoms with Crippen molar-refractivity contribution in [2.24, 2.45) is 0 Å². The van der Waals surface area contributed by atoms with Gasteiger partial charge in [-0.1, -0.05) is 32.9 Å². The van der Waals surface area contributed by atoms with Gasteiger partial charge in [-0.3, -0.25) is 5.32 Å². The molecule has 1 saturated heterocycles. The van der Waals surface area contributed by atoms with Crippen LogP contribution in [-0.2, 0) is 15.3 Å². The van der Waals surface area contributed by atoms with E-state index in [1.54, 1.807) is 29.8 Å². The Morgan fingerprint density at radius 2 is 1.83 bits per heavy atom. The summed E-state index contributed by atoms with van der Waals surface area (Å²) in [6.07, 6.45) is 0.629. The van der Waals surface area contributed by atoms with Crippen LogP contribution in [0.3, 0.4) is 0 Å². The van der Waals surface area contributed by atoms with Crippen LogP contribution < -0.4 is 5.32 Å². The zero-order valence-corrected chi connectivity index (χ0v) is 19.3. The Kier molecular flexibility index (Phi) is 7.73. The van der Waals surface area contributed by atoms with Crippen LogP contribution in [0.1, 0.15) is 39.8 Å². The van der Waals surface area contributed by atoms with Crippen LogP contribution in [-0.4, -0.2) is 91.6 Å². The minimum absolute atomic E-state index is 0.0537. The van der Waals surface area contributed by atoms with E-state index in [4.69, 9.17) is 4.52 Å². The van der Waals surface area contributed by atoms with Crippen molar-refractivity contribution in [2.75, 3.05) is 56.6 Å². The van der Waals surface area contributed by atoms with Crippen LogP contribution in [0.25, 0.3) is 0 Å². The molecule has 2 rings (SSSR count). The topological polar surface area (TPSA) is 116 Å². The van der Waals surface area contributed by atoms with Crippen molar-refractivity contribution in [3.05, 3.63) is 11.8 Å². The van der Waals surface area contributed by atoms with E-state index in [-0.39, 0.29) is 35.5 Å². The molecule has 4 amide bonds. The first-order chi connectivity index (χ1) is 13.9. The first-order valence-electron chi connectivity index (χ1n) is 10.2. The molecule has 2 heterocycles. The van der Waals surface area contributed by atoms with Crippen LogP contribution >= 0.6 is 0 Å². The molecule has 0 saturated carbocycles. The fourth-order valence-electron chi connectivity index (χ4n) is 2.94. The summed E-state index contributed by atoms with van der Waals surface area (Å²) in [5, 5.41) is 6.71. The predicted octanol–water partition coefficient (Wildman–Crippen LogP) is 2.00. The molecule has 0 atom stereocenters. The molecule has 0 aliphatic carbocycles. The van der Waals surface area contributed by atoms with E-state index in [0.717, 1.165) is 5.69 Å². The number of anilines is 1. The third kappa shape index (κ3) is 6.61. The van der Waals surface area contributed by atoms with E-state index in [1.165, 1.54) is 4.90 Å². The molecule has 1 aromatic rings. The molecule has 1 aromatic heterocycles. The Morgan fingerprint density at radius 1 is 1.20 bits per heavy atom. The van der Waals surface area contributed by atoms with Gasteiger partial charge < -0.3 is 19.2 Å². The average Bonchev–Trinajstić information content (AvgIpc) is 3.01. The van der Waals surface area contributed by atoms with Crippen molar-refractivity contribution in [3.63, 3.8) is 0 Å². The van der Waals surface area contributed by atoms with Gasteiger partial charge in [0.1, 0.15) is 0 Å². The number of hydrogen-bond donors (Lipinski definition) is 1. The summed E-state index contributed by atoms with van der Waals surface area (Å²) in [5.74, 6) is 0.298. The smallest absolute Gasteiger partial charge is 0.324 e. The molecule has 0 aromatic carbocycles. The molecule has 1 N–H and O–H groups in total. The van der Waals surface area contributed by atoms with Gasteiger partial charge in [-0.05, 0) is 6.42 Å². The van der Waals surface area contributed by atoms with E-state index >= 15 is 0 Å². The summed E-state index contributed by atoms with van der Waals surface area (Å²) >= 11 is 0. The minimum atomic E-state index is -3.13. The lowest BCUT2D eigenvalue weighted by Crippen LogP contribution is -2.45. The lowest BCUT2D eigenvalue weighted by atomic mass is 9.92. The Labute approximate surface area is 178 Å². The average molecular weight is 444 g/mol. The van der Waals surface area contributed by atoms with Crippen LogP contribution in [0, 0.1) is 0 Å². The number of urea groups is 2. The van der Waals surface area contributed by atoms with Crippen molar-refractivity contribution in [1.82, 2.24) is 19.9 Å². The van der Waals surface area contributed by atoms with Gasteiger partial charge in [0.15, 0.2) is 9.84 Å². The molecule has 0 unspecified atom stereocenters. The van der Waals surface area contributed by atoms with Crippen molar-refractivity contribution >= 4 is 27.8 Å². The largest absolute Gasteiger partial charge is 0.338 e. The van der Waals surface area contributed by atoms with Gasteiger partial charge in [-0.25, -0.2) is 18.0 Å². The highest BCUT2D eigenvalue weighted by Crippen LogP contribution is 2.23. The van der Waals surface area contributed by atoms with Gasteiger partial charge in [0, 0.05) is 57.0 Å². The molecule has 1 aliphatic heterocycles. The second-order valence-corrected chi connectivity index (χ2v) is 11.0. The SMILES string of the molecule is CCS(=O)(=O)CCN(C)C(=O)N1CCCN(C(=O)Nc2cc(C(C)(C)C)no2)CC1. The zero-order valence-electron chi connectivity index (χ0n) is 18.5. The van der Waals surface area contributed by atoms with E-state index in [1.807, 2.05) is 20.8 Å². The molecule has 1 aliphatic rings. The first-order valence-corrected chi connectivity index (χ1v) is 12.0. The number of carbonyl (C=O) groups is 2. The van der Waals surface area contributed by atoms with Crippen LogP contribution in [0.15, 0.2) is 10.6 Å². The number of rotatable bonds is 5. The minimum Gasteiger partial charge on any atom is -0.338 e. The van der Waals surface area contributed by atoms with Crippen LogP contribution in [0.2, 0.25) is 0 Å². The summed E-state index contributed by atoms with van der Waals surface area (Å²) in [6, 6.07) is 1.18. The highest BCUT2D eigenvalue weighted by Gasteiger charge is 2.26. The van der Waals surface area contributed by atoms with Gasteiger partial charge >= 0.3 is 12.1 Å². The van der Waals surface area contributed by atoms with E-state index in [9.17, 15) is 18.0 Å². The van der Waals surface area contributed by atoms with Gasteiger partial charge in [0.05, 0.1) is 11.4 Å². The molecule has 10 nitrogen and oxygen atoms in total. The highest BCUT2D eigenvalue weighted by molar-refractivity contribution is 7.91. The summed E-state index contributed by atoms with van der Waals surface area (Å²) in [5.41, 5.74) is 0.567. The van der Waals surface area contributed by atoms with E-state index < -0.39 is 9.84 Å². The van der Waals surface area contributed by atoms with E-state index in [2.05, 4.69) is 10.5 Å². The van der Waals surface area contributed by atoms with Crippen molar-refractivity contribution < 1.29 is 22.5 Å². The van der Waals surface area contributed by atoms with Gasteiger partial charge in [-0.2, -0.15) is 0 Å². The fourth-order valence-corrected chi connectivity index (χ4v) is 3.78. The molecular formula is C19H33N5O5S. The third-order valence-corrected chi connectivity index (χ3v) is 6.75. The molecule has 30 heavy (non-hydrogen) atoms. The Hall–Kier alpha value is -2.30. The van der Waals surface area contributed by atoms with Crippen LogP contribution in [0.4, 0.5) is 15.5 Å². The number of hydrogen-bond acceptors (Lipinski definition) is 6. The molecule has 11 heteroatoms. The van der Waals surface area contributed by atoms with Crippen molar-refractivity contribution in [3.8, 4) is 0 Å². The summed E-state index contributed by atoms with van der Waals surface area (Å²) in [7, 11) is -1.53. The number of amides is 4. The summed E-state index contributed by atoms with van der Waals surface area (Å²) in [6.45, 7) is 9.52. The zero-order chi connectivity index (χ0) is 22.5. The second kappa shape index (κ2) is 9.67. The van der Waals surface area contributed by atoms with Gasteiger partial charge in [0.25, 0.3) is 0 Å². The number of sulfone groups is 1. The first kappa shape index (κ1) is 24.0. The molecule has 170 valence electrons. The lowest BCUT2D eigenvalue weighted by Gasteiger charge is -2.27. The molecule has 0 spiro atoms. The quantitative estimate of drug-likeness (QED) is 0.744. The number of carbonyl (C=O) groups excluding carboxylic acids is 2. The maximum Gasteiger partial charge on any atom is 0.324 e.